The molecule has 1 aromatic heterocycles. The summed E-state index contributed by atoms with van der Waals surface area (Å²) in [6, 6.07) is 11.2. The van der Waals surface area contributed by atoms with E-state index >= 15 is 0 Å². The zero-order chi connectivity index (χ0) is 19.3. The minimum atomic E-state index is -0.215. The molecule has 1 saturated heterocycles. The van der Waals surface area contributed by atoms with Crippen molar-refractivity contribution in [1.82, 2.24) is 10.3 Å². The summed E-state index contributed by atoms with van der Waals surface area (Å²) >= 11 is 0. The van der Waals surface area contributed by atoms with Crippen LogP contribution in [-0.2, 0) is 0 Å². The predicted molar refractivity (Wildman–Crippen MR) is 105 cm³/mol. The average Bonchev–Trinajstić information content (AvgIpc) is 2.74. The van der Waals surface area contributed by atoms with E-state index in [0.29, 0.717) is 25.1 Å². The molecular formula is C21H25N3O4. The molecule has 28 heavy (non-hydrogen) atoms. The maximum atomic E-state index is 12.3. The Hall–Kier alpha value is -2.80. The molecule has 1 unspecified atom stereocenters. The van der Waals surface area contributed by atoms with Gasteiger partial charge in [0, 0.05) is 32.3 Å². The van der Waals surface area contributed by atoms with Crippen molar-refractivity contribution in [2.24, 2.45) is 0 Å². The normalized spacial score (nSPS) is 19.3. The highest BCUT2D eigenvalue weighted by molar-refractivity contribution is 5.94. The van der Waals surface area contributed by atoms with Gasteiger partial charge >= 0.3 is 0 Å². The molecule has 148 valence electrons. The van der Waals surface area contributed by atoms with Crippen molar-refractivity contribution in [3.8, 4) is 11.5 Å². The quantitative estimate of drug-likeness (QED) is 0.822. The molecule has 0 spiro atoms. The summed E-state index contributed by atoms with van der Waals surface area (Å²) in [6.07, 6.45) is 3.48. The van der Waals surface area contributed by atoms with E-state index in [9.17, 15) is 9.90 Å². The Morgan fingerprint density at radius 1 is 1.18 bits per heavy atom. The summed E-state index contributed by atoms with van der Waals surface area (Å²) in [7, 11) is 0. The van der Waals surface area contributed by atoms with Crippen molar-refractivity contribution in [3.05, 3.63) is 48.2 Å². The van der Waals surface area contributed by atoms with Crippen LogP contribution >= 0.6 is 0 Å². The second-order valence-corrected chi connectivity index (χ2v) is 7.17. The van der Waals surface area contributed by atoms with Crippen LogP contribution in [0.4, 0.5) is 5.82 Å². The Bertz CT molecular complexity index is 804. The molecule has 0 saturated carbocycles. The van der Waals surface area contributed by atoms with Gasteiger partial charge in [-0.1, -0.05) is 12.1 Å². The van der Waals surface area contributed by atoms with E-state index in [1.165, 1.54) is 0 Å². The van der Waals surface area contributed by atoms with E-state index in [-0.39, 0.29) is 18.1 Å². The van der Waals surface area contributed by atoms with Crippen LogP contribution in [0.3, 0.4) is 0 Å². The maximum absolute atomic E-state index is 12.3. The van der Waals surface area contributed by atoms with Gasteiger partial charge < -0.3 is 24.8 Å². The number of aliphatic hydroxyl groups is 1. The number of pyridine rings is 1. The molecule has 3 heterocycles. The lowest BCUT2D eigenvalue weighted by Gasteiger charge is -2.30. The molecule has 2 N–H and O–H groups in total. The van der Waals surface area contributed by atoms with Crippen LogP contribution in [0.15, 0.2) is 42.6 Å². The van der Waals surface area contributed by atoms with E-state index in [4.69, 9.17) is 9.47 Å². The molecule has 1 amide bonds. The number of hydrogen-bond acceptors (Lipinski definition) is 6. The van der Waals surface area contributed by atoms with Gasteiger partial charge in [0.1, 0.15) is 18.5 Å². The van der Waals surface area contributed by atoms with Crippen molar-refractivity contribution >= 4 is 11.7 Å². The second kappa shape index (κ2) is 8.48. The first-order valence-electron chi connectivity index (χ1n) is 9.75. The van der Waals surface area contributed by atoms with Crippen LogP contribution in [0.5, 0.6) is 11.5 Å². The van der Waals surface area contributed by atoms with Gasteiger partial charge in [0.2, 0.25) is 0 Å². The van der Waals surface area contributed by atoms with E-state index < -0.39 is 0 Å². The first-order valence-corrected chi connectivity index (χ1v) is 9.75. The molecule has 2 aliphatic rings. The molecule has 4 rings (SSSR count). The number of ether oxygens (including phenoxy) is 2. The van der Waals surface area contributed by atoms with Gasteiger partial charge in [-0.05, 0) is 37.1 Å². The summed E-state index contributed by atoms with van der Waals surface area (Å²) in [4.78, 5) is 18.9. The zero-order valence-electron chi connectivity index (χ0n) is 15.7. The summed E-state index contributed by atoms with van der Waals surface area (Å²) in [5.41, 5.74) is 0.534. The summed E-state index contributed by atoms with van der Waals surface area (Å²) < 4.78 is 11.6. The highest BCUT2D eigenvalue weighted by Gasteiger charge is 2.21. The molecule has 2 aromatic rings. The number of nitrogens with zero attached hydrogens (tertiary/aromatic N) is 2. The Morgan fingerprint density at radius 2 is 1.96 bits per heavy atom. The fraction of sp³-hybridized carbons (Fsp3) is 0.429. The highest BCUT2D eigenvalue weighted by Crippen LogP contribution is 2.31. The molecule has 7 nitrogen and oxygen atoms in total. The Kier molecular flexibility index (Phi) is 5.62. The first kappa shape index (κ1) is 18.6. The van der Waals surface area contributed by atoms with Crippen molar-refractivity contribution in [2.45, 2.75) is 31.5 Å². The minimum Gasteiger partial charge on any atom is -0.486 e. The smallest absolute Gasteiger partial charge is 0.252 e. The fourth-order valence-corrected chi connectivity index (χ4v) is 3.46. The van der Waals surface area contributed by atoms with E-state index in [1.54, 1.807) is 12.3 Å². The molecule has 0 radical (unpaired) electrons. The van der Waals surface area contributed by atoms with Crippen LogP contribution in [-0.4, -0.2) is 54.4 Å². The number of rotatable bonds is 5. The Labute approximate surface area is 164 Å². The number of fused-ring (bicyclic) bond motifs is 1. The van der Waals surface area contributed by atoms with Gasteiger partial charge in [0.05, 0.1) is 11.7 Å². The molecule has 1 fully saturated rings. The van der Waals surface area contributed by atoms with Gasteiger partial charge in [-0.3, -0.25) is 4.79 Å². The number of carbonyl (C=O) groups is 1. The minimum absolute atomic E-state index is 0.0786. The molecule has 1 aromatic carbocycles. The lowest BCUT2D eigenvalue weighted by atomic mass is 10.1. The average molecular weight is 383 g/mol. The lowest BCUT2D eigenvalue weighted by molar-refractivity contribution is 0.0812. The fourth-order valence-electron chi connectivity index (χ4n) is 3.46. The SMILES string of the molecule is O=C(NCCC1COc2ccccc2O1)c1ccc(N2CCC(O)CC2)nc1. The predicted octanol–water partition coefficient (Wildman–Crippen LogP) is 2.00. The first-order chi connectivity index (χ1) is 13.7. The third-order valence-corrected chi connectivity index (χ3v) is 5.12. The van der Waals surface area contributed by atoms with Crippen molar-refractivity contribution in [1.29, 1.82) is 0 Å². The van der Waals surface area contributed by atoms with E-state index in [2.05, 4.69) is 15.2 Å². The van der Waals surface area contributed by atoms with Crippen LogP contribution in [0.25, 0.3) is 0 Å². The molecule has 2 aliphatic heterocycles. The molecule has 1 atom stereocenters. The van der Waals surface area contributed by atoms with Crippen LogP contribution < -0.4 is 19.7 Å². The van der Waals surface area contributed by atoms with E-state index in [0.717, 1.165) is 43.2 Å². The molecule has 0 bridgehead atoms. The van der Waals surface area contributed by atoms with Gasteiger partial charge in [-0.15, -0.1) is 0 Å². The third kappa shape index (κ3) is 4.36. The molecule has 0 aliphatic carbocycles. The topological polar surface area (TPSA) is 83.9 Å². The number of aliphatic hydroxyl groups excluding tert-OH is 1. The number of anilines is 1. The second-order valence-electron chi connectivity index (χ2n) is 7.17. The monoisotopic (exact) mass is 383 g/mol. The van der Waals surface area contributed by atoms with Crippen molar-refractivity contribution in [2.75, 3.05) is 31.1 Å². The summed E-state index contributed by atoms with van der Waals surface area (Å²) in [5.74, 6) is 2.20. The number of para-hydroxylation sites is 2. The largest absolute Gasteiger partial charge is 0.486 e. The van der Waals surface area contributed by atoms with Crippen molar-refractivity contribution in [3.63, 3.8) is 0 Å². The number of amides is 1. The Morgan fingerprint density at radius 3 is 2.71 bits per heavy atom. The lowest BCUT2D eigenvalue weighted by Crippen LogP contribution is -2.36. The number of aromatic nitrogens is 1. The third-order valence-electron chi connectivity index (χ3n) is 5.12. The summed E-state index contributed by atoms with van der Waals surface area (Å²) in [5, 5.41) is 12.5. The zero-order valence-corrected chi connectivity index (χ0v) is 15.7. The number of hydrogen-bond donors (Lipinski definition) is 2. The van der Waals surface area contributed by atoms with Crippen LogP contribution in [0, 0.1) is 0 Å². The summed E-state index contributed by atoms with van der Waals surface area (Å²) in [6.45, 7) is 2.55. The van der Waals surface area contributed by atoms with Crippen LogP contribution in [0.2, 0.25) is 0 Å². The van der Waals surface area contributed by atoms with Gasteiger partial charge in [0.15, 0.2) is 11.5 Å². The van der Waals surface area contributed by atoms with Gasteiger partial charge in [-0.25, -0.2) is 4.98 Å². The number of piperidine rings is 1. The maximum Gasteiger partial charge on any atom is 0.252 e. The number of carbonyl (C=O) groups excluding carboxylic acids is 1. The highest BCUT2D eigenvalue weighted by atomic mass is 16.6. The number of benzene rings is 1. The number of nitrogens with one attached hydrogen (secondary N) is 1. The van der Waals surface area contributed by atoms with Gasteiger partial charge in [-0.2, -0.15) is 0 Å². The van der Waals surface area contributed by atoms with E-state index in [1.807, 2.05) is 30.3 Å². The Balaban J connectivity index is 1.24. The molecular weight excluding hydrogens is 358 g/mol. The van der Waals surface area contributed by atoms with Crippen LogP contribution in [0.1, 0.15) is 29.6 Å². The standard InChI is InChI=1S/C21H25N3O4/c25-16-8-11-24(12-9-16)20-6-5-15(13-23-20)21(26)22-10-7-17-14-27-18-3-1-2-4-19(18)28-17/h1-6,13,16-17,25H,7-12,14H2,(H,22,26). The van der Waals surface area contributed by atoms with Gasteiger partial charge in [0.25, 0.3) is 5.91 Å². The van der Waals surface area contributed by atoms with Crippen molar-refractivity contribution < 1.29 is 19.4 Å². The molecule has 7 heteroatoms.